The summed E-state index contributed by atoms with van der Waals surface area (Å²) in [6, 6.07) is 19.5. The minimum absolute atomic E-state index is 0.487. The van der Waals surface area contributed by atoms with Crippen LogP contribution in [0.1, 0.15) is 29.3 Å². The van der Waals surface area contributed by atoms with Crippen molar-refractivity contribution in [2.45, 2.75) is 29.4 Å². The summed E-state index contributed by atoms with van der Waals surface area (Å²) >= 11 is 1.97. The van der Waals surface area contributed by atoms with Gasteiger partial charge in [0.1, 0.15) is 0 Å². The Morgan fingerprint density at radius 3 is 2.86 bits per heavy atom. The number of aromatic nitrogens is 1. The zero-order valence-electron chi connectivity index (χ0n) is 11.8. The van der Waals surface area contributed by atoms with Crippen molar-refractivity contribution >= 4 is 22.5 Å². The Balaban J connectivity index is 1.73. The predicted octanol–water partition coefficient (Wildman–Crippen LogP) is 5.40. The van der Waals surface area contributed by atoms with Gasteiger partial charge in [-0.15, -0.1) is 11.8 Å². The molecule has 1 heterocycles. The van der Waals surface area contributed by atoms with E-state index in [0.717, 1.165) is 0 Å². The van der Waals surface area contributed by atoms with Crippen molar-refractivity contribution in [3.63, 3.8) is 0 Å². The average Bonchev–Trinajstić information content (AvgIpc) is 2.56. The molecule has 21 heavy (non-hydrogen) atoms. The van der Waals surface area contributed by atoms with Crippen molar-refractivity contribution < 1.29 is 0 Å². The smallest absolute Gasteiger partial charge is 0.0569 e. The Kier molecular flexibility index (Phi) is 3.40. The summed E-state index contributed by atoms with van der Waals surface area (Å²) in [6.07, 6.45) is 5.59. The van der Waals surface area contributed by atoms with Crippen LogP contribution < -0.4 is 0 Å². The lowest BCUT2D eigenvalue weighted by Crippen LogP contribution is -2.09. The minimum Gasteiger partial charge on any atom is -0.260 e. The topological polar surface area (TPSA) is 12.9 Å². The van der Waals surface area contributed by atoms with Gasteiger partial charge in [-0.2, -0.15) is 0 Å². The van der Waals surface area contributed by atoms with Crippen molar-refractivity contribution in [1.82, 2.24) is 4.98 Å². The highest BCUT2D eigenvalue weighted by Gasteiger charge is 2.22. The minimum atomic E-state index is 0.487. The second-order valence-electron chi connectivity index (χ2n) is 5.52. The highest BCUT2D eigenvalue weighted by molar-refractivity contribution is 7.99. The summed E-state index contributed by atoms with van der Waals surface area (Å²) < 4.78 is 0. The van der Waals surface area contributed by atoms with E-state index < -0.39 is 0 Å². The first-order chi connectivity index (χ1) is 10.4. The van der Waals surface area contributed by atoms with Crippen molar-refractivity contribution in [2.75, 3.05) is 0 Å². The summed E-state index contributed by atoms with van der Waals surface area (Å²) in [6.45, 7) is 0. The van der Waals surface area contributed by atoms with Gasteiger partial charge in [-0.05, 0) is 47.7 Å². The molecule has 4 rings (SSSR count). The van der Waals surface area contributed by atoms with Gasteiger partial charge in [0, 0.05) is 11.1 Å². The maximum absolute atomic E-state index is 4.66. The predicted molar refractivity (Wildman–Crippen MR) is 89.7 cm³/mol. The quantitative estimate of drug-likeness (QED) is 0.626. The monoisotopic (exact) mass is 291 g/mol. The Morgan fingerprint density at radius 2 is 1.86 bits per heavy atom. The van der Waals surface area contributed by atoms with Gasteiger partial charge in [0.05, 0.1) is 10.9 Å². The number of rotatable bonds is 2. The Morgan fingerprint density at radius 1 is 0.952 bits per heavy atom. The molecule has 1 nitrogen and oxygen atoms in total. The molecular weight excluding hydrogens is 274 g/mol. The largest absolute Gasteiger partial charge is 0.260 e. The molecule has 1 unspecified atom stereocenters. The van der Waals surface area contributed by atoms with Gasteiger partial charge in [0.2, 0.25) is 0 Å². The summed E-state index contributed by atoms with van der Waals surface area (Å²) in [7, 11) is 0. The SMILES string of the molecule is c1cnc2c(c1)CCCC2Sc1cccc2ccccc12. The van der Waals surface area contributed by atoms with Crippen LogP contribution in [0.25, 0.3) is 10.8 Å². The molecule has 0 aliphatic heterocycles. The molecule has 1 aliphatic rings. The Labute approximate surface area is 129 Å². The first-order valence-electron chi connectivity index (χ1n) is 7.50. The van der Waals surface area contributed by atoms with Gasteiger partial charge in [0.15, 0.2) is 0 Å². The fourth-order valence-corrected chi connectivity index (χ4v) is 4.52. The third-order valence-electron chi connectivity index (χ3n) is 4.16. The molecule has 1 atom stereocenters. The molecule has 0 amide bonds. The van der Waals surface area contributed by atoms with E-state index in [4.69, 9.17) is 0 Å². The first-order valence-corrected chi connectivity index (χ1v) is 8.38. The van der Waals surface area contributed by atoms with E-state index in [1.54, 1.807) is 0 Å². The van der Waals surface area contributed by atoms with Gasteiger partial charge in [-0.1, -0.05) is 42.5 Å². The van der Waals surface area contributed by atoms with Crippen LogP contribution in [0.3, 0.4) is 0 Å². The van der Waals surface area contributed by atoms with Crippen molar-refractivity contribution in [2.24, 2.45) is 0 Å². The van der Waals surface area contributed by atoms with E-state index in [2.05, 4.69) is 59.6 Å². The highest BCUT2D eigenvalue weighted by Crippen LogP contribution is 2.44. The molecule has 0 N–H and O–H groups in total. The van der Waals surface area contributed by atoms with Crippen molar-refractivity contribution in [3.05, 3.63) is 72.1 Å². The molecule has 2 heteroatoms. The van der Waals surface area contributed by atoms with Crippen LogP contribution in [-0.4, -0.2) is 4.98 Å². The zero-order valence-corrected chi connectivity index (χ0v) is 12.6. The van der Waals surface area contributed by atoms with E-state index >= 15 is 0 Å². The van der Waals surface area contributed by atoms with E-state index in [9.17, 15) is 0 Å². The molecule has 0 bridgehead atoms. The number of benzene rings is 2. The molecule has 3 aromatic rings. The van der Waals surface area contributed by atoms with Crippen molar-refractivity contribution in [3.8, 4) is 0 Å². The summed E-state index contributed by atoms with van der Waals surface area (Å²) in [5.74, 6) is 0. The second kappa shape index (κ2) is 5.53. The molecule has 0 spiro atoms. The lowest BCUT2D eigenvalue weighted by atomic mass is 9.96. The number of hydrogen-bond donors (Lipinski definition) is 0. The third-order valence-corrected chi connectivity index (χ3v) is 5.52. The number of thioether (sulfide) groups is 1. The number of aryl methyl sites for hydroxylation is 1. The lowest BCUT2D eigenvalue weighted by Gasteiger charge is -2.24. The van der Waals surface area contributed by atoms with Crippen LogP contribution in [0, 0.1) is 0 Å². The summed E-state index contributed by atoms with van der Waals surface area (Å²) in [5, 5.41) is 3.16. The van der Waals surface area contributed by atoms with E-state index in [1.807, 2.05) is 18.0 Å². The van der Waals surface area contributed by atoms with Gasteiger partial charge in [0.25, 0.3) is 0 Å². The average molecular weight is 291 g/mol. The number of hydrogen-bond acceptors (Lipinski definition) is 2. The van der Waals surface area contributed by atoms with Crippen molar-refractivity contribution in [1.29, 1.82) is 0 Å². The Hall–Kier alpha value is -1.80. The van der Waals surface area contributed by atoms with E-state index in [-0.39, 0.29) is 0 Å². The molecule has 0 saturated carbocycles. The van der Waals surface area contributed by atoms with Gasteiger partial charge < -0.3 is 0 Å². The fraction of sp³-hybridized carbons (Fsp3) is 0.211. The van der Waals surface area contributed by atoms with E-state index in [0.29, 0.717) is 5.25 Å². The fourth-order valence-electron chi connectivity index (χ4n) is 3.13. The maximum atomic E-state index is 4.66. The number of nitrogens with zero attached hydrogens (tertiary/aromatic N) is 1. The van der Waals surface area contributed by atoms with Crippen LogP contribution in [-0.2, 0) is 6.42 Å². The lowest BCUT2D eigenvalue weighted by molar-refractivity contribution is 0.656. The van der Waals surface area contributed by atoms with Crippen LogP contribution in [0.5, 0.6) is 0 Å². The van der Waals surface area contributed by atoms with Crippen LogP contribution in [0.2, 0.25) is 0 Å². The second-order valence-corrected chi connectivity index (χ2v) is 6.77. The molecule has 104 valence electrons. The van der Waals surface area contributed by atoms with Gasteiger partial charge in [-0.3, -0.25) is 4.98 Å². The molecule has 0 fully saturated rings. The maximum Gasteiger partial charge on any atom is 0.0569 e. The molecule has 0 radical (unpaired) electrons. The molecule has 1 aromatic heterocycles. The summed E-state index contributed by atoms with van der Waals surface area (Å²) in [4.78, 5) is 6.03. The van der Waals surface area contributed by atoms with Crippen LogP contribution in [0.4, 0.5) is 0 Å². The van der Waals surface area contributed by atoms with Gasteiger partial charge >= 0.3 is 0 Å². The number of fused-ring (bicyclic) bond motifs is 2. The summed E-state index contributed by atoms with van der Waals surface area (Å²) in [5.41, 5.74) is 2.73. The standard InChI is InChI=1S/C19H17NS/c1-2-10-16-14(6-1)7-3-11-17(16)21-18-12-4-8-15-9-5-13-20-19(15)18/h1-3,5-7,9-11,13,18H,4,8,12H2. The number of pyridine rings is 1. The normalized spacial score (nSPS) is 17.6. The van der Waals surface area contributed by atoms with Crippen LogP contribution >= 0.6 is 11.8 Å². The van der Waals surface area contributed by atoms with Crippen LogP contribution in [0.15, 0.2) is 65.7 Å². The Bertz CT molecular complexity index is 776. The zero-order chi connectivity index (χ0) is 14.1. The molecular formula is C19H17NS. The molecule has 2 aromatic carbocycles. The molecule has 1 aliphatic carbocycles. The third kappa shape index (κ3) is 2.44. The van der Waals surface area contributed by atoms with Gasteiger partial charge in [-0.25, -0.2) is 0 Å². The first kappa shape index (κ1) is 12.9. The molecule has 0 saturated heterocycles. The highest BCUT2D eigenvalue weighted by atomic mass is 32.2. The van der Waals surface area contributed by atoms with E-state index in [1.165, 1.54) is 46.2 Å².